The monoisotopic (exact) mass is 156 g/mol. The fraction of sp³-hybridized carbons (Fsp3) is 0.625. The van der Waals surface area contributed by atoms with Crippen LogP contribution >= 0.6 is 11.6 Å². The van der Waals surface area contributed by atoms with Gasteiger partial charge in [0, 0.05) is 5.92 Å². The van der Waals surface area contributed by atoms with Crippen molar-refractivity contribution in [3.05, 3.63) is 12.2 Å². The molecule has 0 N–H and O–H groups in total. The van der Waals surface area contributed by atoms with E-state index in [1.165, 1.54) is 0 Å². The summed E-state index contributed by atoms with van der Waals surface area (Å²) < 4.78 is 0. The van der Waals surface area contributed by atoms with Crippen LogP contribution in [0.4, 0.5) is 0 Å². The third-order valence-electron chi connectivity index (χ3n) is 2.62. The van der Waals surface area contributed by atoms with Crippen molar-refractivity contribution in [1.82, 2.24) is 0 Å². The summed E-state index contributed by atoms with van der Waals surface area (Å²) in [5, 5.41) is -0.141. The van der Waals surface area contributed by atoms with Gasteiger partial charge in [0.2, 0.25) is 5.24 Å². The quantitative estimate of drug-likeness (QED) is 0.419. The van der Waals surface area contributed by atoms with Crippen LogP contribution < -0.4 is 0 Å². The smallest absolute Gasteiger partial charge is 0.225 e. The van der Waals surface area contributed by atoms with E-state index in [2.05, 4.69) is 12.2 Å². The first kappa shape index (κ1) is 6.41. The molecule has 3 atom stereocenters. The van der Waals surface area contributed by atoms with Crippen LogP contribution in [0, 0.1) is 17.8 Å². The van der Waals surface area contributed by atoms with Crippen molar-refractivity contribution >= 4 is 16.8 Å². The first-order valence-electron chi connectivity index (χ1n) is 3.66. The van der Waals surface area contributed by atoms with Crippen molar-refractivity contribution in [2.24, 2.45) is 17.8 Å². The number of allylic oxidation sites excluding steroid dienone is 2. The molecule has 0 aromatic carbocycles. The lowest BCUT2D eigenvalue weighted by Crippen LogP contribution is -2.13. The molecule has 1 saturated carbocycles. The molecular formula is C8H9ClO. The summed E-state index contributed by atoms with van der Waals surface area (Å²) >= 11 is 5.43. The molecule has 1 nitrogen and oxygen atoms in total. The van der Waals surface area contributed by atoms with Gasteiger partial charge in [0.15, 0.2) is 0 Å². The van der Waals surface area contributed by atoms with E-state index in [0.29, 0.717) is 11.8 Å². The molecule has 0 amide bonds. The van der Waals surface area contributed by atoms with Gasteiger partial charge in [0.05, 0.1) is 0 Å². The maximum absolute atomic E-state index is 10.8. The minimum Gasteiger partial charge on any atom is -0.281 e. The molecule has 0 spiro atoms. The molecule has 2 aliphatic rings. The third-order valence-corrected chi connectivity index (χ3v) is 2.88. The molecule has 54 valence electrons. The minimum absolute atomic E-state index is 0.127. The minimum atomic E-state index is -0.141. The predicted molar refractivity (Wildman–Crippen MR) is 39.7 cm³/mol. The van der Waals surface area contributed by atoms with Crippen LogP contribution in [-0.2, 0) is 4.79 Å². The highest BCUT2D eigenvalue weighted by atomic mass is 35.5. The summed E-state index contributed by atoms with van der Waals surface area (Å²) in [5.41, 5.74) is 0. The standard InChI is InChI=1S/C8H9ClO/c9-8(10)7-5-1-2-6(7)4-3-5/h1-2,5-7H,3-4H2/t5-,6+,7?. The molecule has 10 heavy (non-hydrogen) atoms. The van der Waals surface area contributed by atoms with Gasteiger partial charge in [-0.2, -0.15) is 0 Å². The number of hydrogen-bond acceptors (Lipinski definition) is 1. The zero-order chi connectivity index (χ0) is 7.14. The normalized spacial score (nSPS) is 42.7. The second-order valence-corrected chi connectivity index (χ2v) is 3.49. The maximum Gasteiger partial charge on any atom is 0.225 e. The van der Waals surface area contributed by atoms with Crippen molar-refractivity contribution in [3.63, 3.8) is 0 Å². The molecule has 0 aromatic heterocycles. The Morgan fingerprint density at radius 1 is 1.30 bits per heavy atom. The van der Waals surface area contributed by atoms with E-state index in [1.54, 1.807) is 0 Å². The maximum atomic E-state index is 10.8. The SMILES string of the molecule is O=C(Cl)C1[C@@H]2C=C[C@H]1CC2. The van der Waals surface area contributed by atoms with Gasteiger partial charge >= 0.3 is 0 Å². The van der Waals surface area contributed by atoms with E-state index >= 15 is 0 Å². The van der Waals surface area contributed by atoms with Gasteiger partial charge in [-0.05, 0) is 36.3 Å². The molecule has 0 radical (unpaired) electrons. The Morgan fingerprint density at radius 2 is 1.80 bits per heavy atom. The largest absolute Gasteiger partial charge is 0.281 e. The lowest BCUT2D eigenvalue weighted by atomic mass is 9.98. The van der Waals surface area contributed by atoms with Crippen LogP contribution in [0.3, 0.4) is 0 Å². The molecule has 0 aliphatic heterocycles. The first-order chi connectivity index (χ1) is 4.79. The number of halogens is 1. The molecule has 2 heteroatoms. The summed E-state index contributed by atoms with van der Waals surface area (Å²) in [6.45, 7) is 0. The highest BCUT2D eigenvalue weighted by Crippen LogP contribution is 2.45. The van der Waals surface area contributed by atoms with Crippen molar-refractivity contribution in [2.45, 2.75) is 12.8 Å². The number of fused-ring (bicyclic) bond motifs is 2. The third kappa shape index (κ3) is 0.734. The van der Waals surface area contributed by atoms with E-state index in [1.807, 2.05) is 0 Å². The van der Waals surface area contributed by atoms with E-state index in [4.69, 9.17) is 11.6 Å². The molecule has 1 fully saturated rings. The van der Waals surface area contributed by atoms with Crippen molar-refractivity contribution < 1.29 is 4.79 Å². The van der Waals surface area contributed by atoms with E-state index in [0.717, 1.165) is 12.8 Å². The Balaban J connectivity index is 2.22. The Labute approximate surface area is 65.1 Å². The van der Waals surface area contributed by atoms with Gasteiger partial charge in [0.25, 0.3) is 0 Å². The zero-order valence-electron chi connectivity index (χ0n) is 5.59. The van der Waals surface area contributed by atoms with Crippen molar-refractivity contribution in [3.8, 4) is 0 Å². The Hall–Kier alpha value is -0.300. The molecule has 1 unspecified atom stereocenters. The van der Waals surface area contributed by atoms with E-state index < -0.39 is 0 Å². The van der Waals surface area contributed by atoms with Gasteiger partial charge in [-0.1, -0.05) is 12.2 Å². The topological polar surface area (TPSA) is 17.1 Å². The second kappa shape index (κ2) is 2.09. The molecular weight excluding hydrogens is 148 g/mol. The lowest BCUT2D eigenvalue weighted by Gasteiger charge is -2.07. The molecule has 2 rings (SSSR count). The summed E-state index contributed by atoms with van der Waals surface area (Å²) in [4.78, 5) is 10.8. The summed E-state index contributed by atoms with van der Waals surface area (Å²) in [6, 6.07) is 0. The molecule has 2 bridgehead atoms. The number of hydrogen-bond donors (Lipinski definition) is 0. The molecule has 0 aromatic rings. The number of carbonyl (C=O) groups is 1. The van der Waals surface area contributed by atoms with Crippen LogP contribution in [0.5, 0.6) is 0 Å². The van der Waals surface area contributed by atoms with Crippen LogP contribution in [0.2, 0.25) is 0 Å². The number of rotatable bonds is 1. The molecule has 2 aliphatic carbocycles. The Kier molecular flexibility index (Phi) is 1.34. The van der Waals surface area contributed by atoms with Crippen molar-refractivity contribution in [2.75, 3.05) is 0 Å². The van der Waals surface area contributed by atoms with E-state index in [9.17, 15) is 4.79 Å². The lowest BCUT2D eigenvalue weighted by molar-refractivity contribution is -0.116. The van der Waals surface area contributed by atoms with Crippen LogP contribution in [-0.4, -0.2) is 5.24 Å². The van der Waals surface area contributed by atoms with Crippen molar-refractivity contribution in [1.29, 1.82) is 0 Å². The molecule has 0 heterocycles. The van der Waals surface area contributed by atoms with Gasteiger partial charge in [-0.25, -0.2) is 0 Å². The molecule has 0 saturated heterocycles. The predicted octanol–water partition coefficient (Wildman–Crippen LogP) is 1.96. The summed E-state index contributed by atoms with van der Waals surface area (Å²) in [7, 11) is 0. The highest BCUT2D eigenvalue weighted by Gasteiger charge is 2.41. The number of carbonyl (C=O) groups excluding carboxylic acids is 1. The first-order valence-corrected chi connectivity index (χ1v) is 4.04. The summed E-state index contributed by atoms with van der Waals surface area (Å²) in [5.74, 6) is 1.06. The van der Waals surface area contributed by atoms with Crippen LogP contribution in [0.1, 0.15) is 12.8 Å². The van der Waals surface area contributed by atoms with Gasteiger partial charge in [-0.15, -0.1) is 0 Å². The van der Waals surface area contributed by atoms with Crippen LogP contribution in [0.25, 0.3) is 0 Å². The fourth-order valence-corrected chi connectivity index (χ4v) is 2.44. The van der Waals surface area contributed by atoms with Gasteiger partial charge in [0.1, 0.15) is 0 Å². The van der Waals surface area contributed by atoms with Crippen LogP contribution in [0.15, 0.2) is 12.2 Å². The van der Waals surface area contributed by atoms with Gasteiger partial charge in [-0.3, -0.25) is 4.79 Å². The average Bonchev–Trinajstić information content (AvgIpc) is 2.43. The summed E-state index contributed by atoms with van der Waals surface area (Å²) in [6.07, 6.45) is 6.59. The highest BCUT2D eigenvalue weighted by molar-refractivity contribution is 6.64. The zero-order valence-corrected chi connectivity index (χ0v) is 6.34. The van der Waals surface area contributed by atoms with Gasteiger partial charge < -0.3 is 0 Å². The van der Waals surface area contributed by atoms with E-state index in [-0.39, 0.29) is 11.2 Å². The Bertz CT molecular complexity index is 183. The average molecular weight is 157 g/mol. The Morgan fingerprint density at radius 3 is 2.00 bits per heavy atom. The second-order valence-electron chi connectivity index (χ2n) is 3.12. The fourth-order valence-electron chi connectivity index (χ4n) is 2.12.